The highest BCUT2D eigenvalue weighted by molar-refractivity contribution is 7.89. The predicted molar refractivity (Wildman–Crippen MR) is 84.5 cm³/mol. The summed E-state index contributed by atoms with van der Waals surface area (Å²) in [5.74, 6) is 0. The van der Waals surface area contributed by atoms with E-state index in [0.29, 0.717) is 24.6 Å². The molecule has 6 heteroatoms. The van der Waals surface area contributed by atoms with E-state index < -0.39 is 10.0 Å². The van der Waals surface area contributed by atoms with Crippen molar-refractivity contribution in [1.82, 2.24) is 4.31 Å². The van der Waals surface area contributed by atoms with Crippen molar-refractivity contribution in [3.05, 3.63) is 29.8 Å². The van der Waals surface area contributed by atoms with Crippen LogP contribution in [0.1, 0.15) is 32.3 Å². The van der Waals surface area contributed by atoms with Gasteiger partial charge in [-0.05, 0) is 30.5 Å². The van der Waals surface area contributed by atoms with Crippen LogP contribution in [0.2, 0.25) is 0 Å². The molecule has 0 bridgehead atoms. The van der Waals surface area contributed by atoms with E-state index in [-0.39, 0.29) is 6.04 Å². The fourth-order valence-corrected chi connectivity index (χ4v) is 4.07. The van der Waals surface area contributed by atoms with Crippen molar-refractivity contribution in [3.63, 3.8) is 0 Å². The Bertz CT molecular complexity index is 510. The summed E-state index contributed by atoms with van der Waals surface area (Å²) < 4.78 is 32.3. The normalized spacial score (nSPS) is 12.3. The molecule has 0 radical (unpaired) electrons. The van der Waals surface area contributed by atoms with Gasteiger partial charge in [0.15, 0.2) is 0 Å². The van der Waals surface area contributed by atoms with Gasteiger partial charge in [0, 0.05) is 26.2 Å². The maximum atomic E-state index is 12.8. The maximum absolute atomic E-state index is 12.8. The molecule has 0 fully saturated rings. The molecule has 2 N–H and O–H groups in total. The van der Waals surface area contributed by atoms with Gasteiger partial charge in [-0.1, -0.05) is 26.0 Å². The smallest absolute Gasteiger partial charge is 0.243 e. The Balaban J connectivity index is 3.12. The molecule has 0 saturated carbocycles. The van der Waals surface area contributed by atoms with E-state index >= 15 is 0 Å². The topological polar surface area (TPSA) is 72.6 Å². The molecule has 0 atom stereocenters. The summed E-state index contributed by atoms with van der Waals surface area (Å²) in [7, 11) is -1.93. The average Bonchev–Trinajstić information content (AvgIpc) is 2.51. The summed E-state index contributed by atoms with van der Waals surface area (Å²) >= 11 is 0. The van der Waals surface area contributed by atoms with Crippen LogP contribution >= 0.6 is 0 Å². The second-order valence-corrected chi connectivity index (χ2v) is 6.82. The number of nitrogens with zero attached hydrogens (tertiary/aromatic N) is 1. The van der Waals surface area contributed by atoms with Crippen LogP contribution in [0.5, 0.6) is 0 Å². The van der Waals surface area contributed by atoms with Crippen LogP contribution in [0.4, 0.5) is 0 Å². The molecule has 120 valence electrons. The minimum Gasteiger partial charge on any atom is -0.383 e. The lowest BCUT2D eigenvalue weighted by atomic mass is 10.2. The van der Waals surface area contributed by atoms with Crippen LogP contribution in [0, 0.1) is 0 Å². The molecule has 21 heavy (non-hydrogen) atoms. The maximum Gasteiger partial charge on any atom is 0.243 e. The Morgan fingerprint density at radius 3 is 2.19 bits per heavy atom. The Labute approximate surface area is 128 Å². The lowest BCUT2D eigenvalue weighted by Gasteiger charge is -2.29. The number of hydrogen-bond donors (Lipinski definition) is 1. The highest BCUT2D eigenvalue weighted by atomic mass is 32.2. The number of ether oxygens (including phenoxy) is 1. The fourth-order valence-electron chi connectivity index (χ4n) is 2.31. The Kier molecular flexibility index (Phi) is 7.31. The van der Waals surface area contributed by atoms with E-state index in [1.54, 1.807) is 35.7 Å². The zero-order valence-corrected chi connectivity index (χ0v) is 13.9. The highest BCUT2D eigenvalue weighted by Crippen LogP contribution is 2.21. The van der Waals surface area contributed by atoms with Gasteiger partial charge in [0.1, 0.15) is 0 Å². The Morgan fingerprint density at radius 2 is 1.76 bits per heavy atom. The van der Waals surface area contributed by atoms with Crippen molar-refractivity contribution < 1.29 is 13.2 Å². The Hall–Kier alpha value is -0.950. The van der Waals surface area contributed by atoms with Gasteiger partial charge in [0.05, 0.1) is 11.5 Å². The summed E-state index contributed by atoms with van der Waals surface area (Å²) in [6.07, 6.45) is 1.56. The first-order valence-corrected chi connectivity index (χ1v) is 8.75. The van der Waals surface area contributed by atoms with Gasteiger partial charge in [0.25, 0.3) is 0 Å². The molecule has 1 aromatic rings. The molecule has 1 rings (SSSR count). The number of rotatable bonds is 9. The first-order valence-electron chi connectivity index (χ1n) is 7.31. The lowest BCUT2D eigenvalue weighted by molar-refractivity contribution is 0.163. The number of nitrogens with two attached hydrogens (primary N) is 1. The zero-order valence-electron chi connectivity index (χ0n) is 13.1. The minimum atomic E-state index is -3.51. The largest absolute Gasteiger partial charge is 0.383 e. The average molecular weight is 314 g/mol. The summed E-state index contributed by atoms with van der Waals surface area (Å²) in [5.41, 5.74) is 6.47. The second kappa shape index (κ2) is 8.48. The molecule has 0 aliphatic carbocycles. The molecule has 1 aromatic carbocycles. The predicted octanol–water partition coefficient (Wildman–Crippen LogP) is 1.97. The number of methoxy groups -OCH3 is 1. The number of benzene rings is 1. The number of sulfonamides is 1. The zero-order chi connectivity index (χ0) is 15.9. The van der Waals surface area contributed by atoms with Crippen molar-refractivity contribution in [1.29, 1.82) is 0 Å². The third-order valence-electron chi connectivity index (χ3n) is 3.63. The van der Waals surface area contributed by atoms with Gasteiger partial charge < -0.3 is 10.5 Å². The van der Waals surface area contributed by atoms with Gasteiger partial charge >= 0.3 is 0 Å². The molecule has 0 spiro atoms. The third-order valence-corrected chi connectivity index (χ3v) is 5.60. The van der Waals surface area contributed by atoms with Crippen LogP contribution in [0.25, 0.3) is 0 Å². The molecule has 0 heterocycles. The van der Waals surface area contributed by atoms with E-state index in [0.717, 1.165) is 18.4 Å². The quantitative estimate of drug-likeness (QED) is 0.756. The van der Waals surface area contributed by atoms with Crippen molar-refractivity contribution >= 4 is 10.0 Å². The minimum absolute atomic E-state index is 0.0145. The van der Waals surface area contributed by atoms with Gasteiger partial charge in [-0.3, -0.25) is 0 Å². The fraction of sp³-hybridized carbons (Fsp3) is 0.600. The van der Waals surface area contributed by atoms with Crippen LogP contribution in [0.3, 0.4) is 0 Å². The van der Waals surface area contributed by atoms with Crippen LogP contribution in [-0.4, -0.2) is 39.0 Å². The molecule has 0 aromatic heterocycles. The molecule has 5 nitrogen and oxygen atoms in total. The summed E-state index contributed by atoms with van der Waals surface area (Å²) in [6, 6.07) is 6.75. The molecular formula is C15H26N2O3S. The van der Waals surface area contributed by atoms with Gasteiger partial charge in [-0.25, -0.2) is 8.42 Å². The van der Waals surface area contributed by atoms with Crippen LogP contribution < -0.4 is 5.73 Å². The van der Waals surface area contributed by atoms with Crippen molar-refractivity contribution in [2.24, 2.45) is 5.73 Å². The molecule has 0 aliphatic heterocycles. The van der Waals surface area contributed by atoms with Crippen molar-refractivity contribution in [2.75, 3.05) is 20.3 Å². The molecular weight excluding hydrogens is 288 g/mol. The van der Waals surface area contributed by atoms with Crippen molar-refractivity contribution in [3.8, 4) is 0 Å². The highest BCUT2D eigenvalue weighted by Gasteiger charge is 2.29. The molecule has 0 aliphatic rings. The molecule has 0 saturated heterocycles. The molecule has 0 amide bonds. The molecule has 0 unspecified atom stereocenters. The first kappa shape index (κ1) is 18.1. The van der Waals surface area contributed by atoms with Crippen molar-refractivity contribution in [2.45, 2.75) is 44.2 Å². The van der Waals surface area contributed by atoms with E-state index in [4.69, 9.17) is 10.5 Å². The van der Waals surface area contributed by atoms with E-state index in [1.165, 1.54) is 0 Å². The van der Waals surface area contributed by atoms with Crippen LogP contribution in [-0.2, 0) is 21.3 Å². The number of hydrogen-bond acceptors (Lipinski definition) is 4. The van der Waals surface area contributed by atoms with E-state index in [2.05, 4.69) is 0 Å². The third kappa shape index (κ3) is 4.51. The second-order valence-electron chi connectivity index (χ2n) is 4.93. The summed E-state index contributed by atoms with van der Waals surface area (Å²) in [4.78, 5) is 0.308. The summed E-state index contributed by atoms with van der Waals surface area (Å²) in [5, 5.41) is 0. The first-order chi connectivity index (χ1) is 10.0. The van der Waals surface area contributed by atoms with E-state index in [1.807, 2.05) is 13.8 Å². The van der Waals surface area contributed by atoms with Crippen LogP contribution in [0.15, 0.2) is 29.2 Å². The SMILES string of the molecule is CCC(CC)N(CCOC)S(=O)(=O)c1ccc(CN)cc1. The van der Waals surface area contributed by atoms with Gasteiger partial charge in [0.2, 0.25) is 10.0 Å². The summed E-state index contributed by atoms with van der Waals surface area (Å²) in [6.45, 7) is 5.16. The van der Waals surface area contributed by atoms with Gasteiger partial charge in [-0.2, -0.15) is 4.31 Å². The van der Waals surface area contributed by atoms with Gasteiger partial charge in [-0.15, -0.1) is 0 Å². The monoisotopic (exact) mass is 314 g/mol. The van der Waals surface area contributed by atoms with E-state index in [9.17, 15) is 8.42 Å². The standard InChI is InChI=1S/C15H26N2O3S/c1-4-14(5-2)17(10-11-20-3)21(18,19)15-8-6-13(12-16)7-9-15/h6-9,14H,4-5,10-12,16H2,1-3H3. The lowest BCUT2D eigenvalue weighted by Crippen LogP contribution is -2.41. The Morgan fingerprint density at radius 1 is 1.19 bits per heavy atom.